The van der Waals surface area contributed by atoms with Gasteiger partial charge in [0.15, 0.2) is 0 Å². The zero-order chi connectivity index (χ0) is 18.6. The molecule has 2 rings (SSSR count). The van der Waals surface area contributed by atoms with Crippen molar-refractivity contribution in [3.05, 3.63) is 65.2 Å². The van der Waals surface area contributed by atoms with Crippen molar-refractivity contribution in [1.82, 2.24) is 0 Å². The van der Waals surface area contributed by atoms with Crippen LogP contribution in [-0.4, -0.2) is 11.1 Å². The highest BCUT2D eigenvalue weighted by Gasteiger charge is 2.24. The van der Waals surface area contributed by atoms with Gasteiger partial charge in [-0.05, 0) is 35.2 Å². The van der Waals surface area contributed by atoms with Gasteiger partial charge >= 0.3 is 5.97 Å². The summed E-state index contributed by atoms with van der Waals surface area (Å²) in [7, 11) is 0. The third kappa shape index (κ3) is 4.41. The average Bonchev–Trinajstić information content (AvgIpc) is 2.59. The first-order chi connectivity index (χ1) is 11.8. The molecule has 0 aliphatic heterocycles. The molecule has 1 N–H and O–H groups in total. The van der Waals surface area contributed by atoms with Crippen molar-refractivity contribution in [2.24, 2.45) is 5.92 Å². The van der Waals surface area contributed by atoms with E-state index >= 15 is 0 Å². The standard InChI is InChI=1S/C22H28O3/c1-6-20(25-21(24)15(2)3)16-7-9-17(10-8-16)22(4,5)18-11-13-19(23)14-12-18/h7-15,20,23H,6H2,1-5H3. The van der Waals surface area contributed by atoms with E-state index < -0.39 is 0 Å². The Balaban J connectivity index is 2.23. The summed E-state index contributed by atoms with van der Waals surface area (Å²) in [6, 6.07) is 15.6. The Labute approximate surface area is 150 Å². The molecule has 0 spiro atoms. The number of esters is 1. The van der Waals surface area contributed by atoms with Gasteiger partial charge in [-0.1, -0.05) is 71.0 Å². The third-order valence-corrected chi connectivity index (χ3v) is 4.69. The molecule has 3 nitrogen and oxygen atoms in total. The van der Waals surface area contributed by atoms with E-state index in [4.69, 9.17) is 4.74 Å². The second kappa shape index (κ2) is 7.73. The van der Waals surface area contributed by atoms with Gasteiger partial charge in [0.2, 0.25) is 0 Å². The van der Waals surface area contributed by atoms with Gasteiger partial charge in [0.1, 0.15) is 11.9 Å². The van der Waals surface area contributed by atoms with E-state index in [1.807, 2.05) is 45.0 Å². The molecule has 0 saturated heterocycles. The van der Waals surface area contributed by atoms with Gasteiger partial charge in [0.05, 0.1) is 5.92 Å². The van der Waals surface area contributed by atoms with E-state index in [9.17, 15) is 9.90 Å². The summed E-state index contributed by atoms with van der Waals surface area (Å²) in [6.07, 6.45) is 0.542. The molecule has 0 fully saturated rings. The maximum atomic E-state index is 11.9. The predicted octanol–water partition coefficient (Wildman–Crippen LogP) is 5.37. The number of hydrogen-bond acceptors (Lipinski definition) is 3. The minimum atomic E-state index is -0.208. The first-order valence-electron chi connectivity index (χ1n) is 8.86. The van der Waals surface area contributed by atoms with Gasteiger partial charge in [-0.15, -0.1) is 0 Å². The van der Waals surface area contributed by atoms with Crippen LogP contribution in [0.1, 0.15) is 63.8 Å². The van der Waals surface area contributed by atoms with Crippen molar-refractivity contribution in [2.45, 2.75) is 52.6 Å². The molecule has 134 valence electrons. The monoisotopic (exact) mass is 340 g/mol. The van der Waals surface area contributed by atoms with Crippen LogP contribution in [0.25, 0.3) is 0 Å². The molecule has 0 aliphatic carbocycles. The zero-order valence-corrected chi connectivity index (χ0v) is 15.7. The lowest BCUT2D eigenvalue weighted by Crippen LogP contribution is -2.19. The molecule has 0 amide bonds. The lowest BCUT2D eigenvalue weighted by atomic mass is 9.78. The van der Waals surface area contributed by atoms with Crippen LogP contribution in [0.5, 0.6) is 5.75 Å². The Hall–Kier alpha value is -2.29. The predicted molar refractivity (Wildman–Crippen MR) is 101 cm³/mol. The molecular formula is C22H28O3. The van der Waals surface area contributed by atoms with E-state index in [2.05, 4.69) is 26.0 Å². The molecule has 0 aliphatic rings. The highest BCUT2D eigenvalue weighted by atomic mass is 16.5. The number of hydrogen-bond donors (Lipinski definition) is 1. The minimum Gasteiger partial charge on any atom is -0.508 e. The second-order valence-electron chi connectivity index (χ2n) is 7.28. The normalized spacial score (nSPS) is 12.9. The Morgan fingerprint density at radius 2 is 1.48 bits per heavy atom. The number of phenols is 1. The summed E-state index contributed by atoms with van der Waals surface area (Å²) < 4.78 is 5.60. The summed E-state index contributed by atoms with van der Waals surface area (Å²) in [5.74, 6) is -0.0187. The highest BCUT2D eigenvalue weighted by Crippen LogP contribution is 2.33. The minimum absolute atomic E-state index is 0.123. The van der Waals surface area contributed by atoms with Crippen LogP contribution in [0, 0.1) is 5.92 Å². The average molecular weight is 340 g/mol. The second-order valence-corrected chi connectivity index (χ2v) is 7.28. The number of benzene rings is 2. The lowest BCUT2D eigenvalue weighted by Gasteiger charge is -2.27. The maximum Gasteiger partial charge on any atom is 0.308 e. The molecule has 0 radical (unpaired) electrons. The summed E-state index contributed by atoms with van der Waals surface area (Å²) in [6.45, 7) is 10.0. The quantitative estimate of drug-likeness (QED) is 0.719. The Morgan fingerprint density at radius 1 is 1.00 bits per heavy atom. The van der Waals surface area contributed by atoms with Gasteiger partial charge in [-0.2, -0.15) is 0 Å². The molecule has 1 atom stereocenters. The van der Waals surface area contributed by atoms with E-state index in [1.54, 1.807) is 12.1 Å². The van der Waals surface area contributed by atoms with Crippen LogP contribution in [-0.2, 0) is 14.9 Å². The smallest absolute Gasteiger partial charge is 0.308 e. The SMILES string of the molecule is CCC(OC(=O)C(C)C)c1ccc(C(C)(C)c2ccc(O)cc2)cc1. The Morgan fingerprint density at radius 3 is 1.92 bits per heavy atom. The molecular weight excluding hydrogens is 312 g/mol. The summed E-state index contributed by atoms with van der Waals surface area (Å²) in [5.41, 5.74) is 3.15. The van der Waals surface area contributed by atoms with Crippen molar-refractivity contribution in [3.63, 3.8) is 0 Å². The van der Waals surface area contributed by atoms with E-state index in [0.717, 1.165) is 17.5 Å². The first kappa shape index (κ1) is 19.0. The van der Waals surface area contributed by atoms with Gasteiger partial charge < -0.3 is 9.84 Å². The fraction of sp³-hybridized carbons (Fsp3) is 0.409. The third-order valence-electron chi connectivity index (χ3n) is 4.69. The Kier molecular flexibility index (Phi) is 5.89. The van der Waals surface area contributed by atoms with Crippen LogP contribution in [0.3, 0.4) is 0 Å². The van der Waals surface area contributed by atoms with Crippen molar-refractivity contribution in [3.8, 4) is 5.75 Å². The first-order valence-corrected chi connectivity index (χ1v) is 8.86. The summed E-state index contributed by atoms with van der Waals surface area (Å²) in [4.78, 5) is 11.9. The van der Waals surface area contributed by atoms with E-state index in [1.165, 1.54) is 5.56 Å². The number of ether oxygens (including phenoxy) is 1. The number of rotatable bonds is 6. The van der Waals surface area contributed by atoms with E-state index in [0.29, 0.717) is 0 Å². The van der Waals surface area contributed by atoms with Crippen molar-refractivity contribution in [2.75, 3.05) is 0 Å². The van der Waals surface area contributed by atoms with Crippen LogP contribution in [0.4, 0.5) is 0 Å². The van der Waals surface area contributed by atoms with Crippen molar-refractivity contribution >= 4 is 5.97 Å². The fourth-order valence-electron chi connectivity index (χ4n) is 2.82. The number of phenolic OH excluding ortho intramolecular Hbond substituents is 1. The largest absolute Gasteiger partial charge is 0.508 e. The van der Waals surface area contributed by atoms with Crippen molar-refractivity contribution in [1.29, 1.82) is 0 Å². The van der Waals surface area contributed by atoms with Gasteiger partial charge in [-0.25, -0.2) is 0 Å². The molecule has 2 aromatic carbocycles. The van der Waals surface area contributed by atoms with Gasteiger partial charge in [-0.3, -0.25) is 4.79 Å². The molecule has 0 bridgehead atoms. The fourth-order valence-corrected chi connectivity index (χ4v) is 2.82. The topological polar surface area (TPSA) is 46.5 Å². The number of aromatic hydroxyl groups is 1. The van der Waals surface area contributed by atoms with E-state index in [-0.39, 0.29) is 29.2 Å². The molecule has 3 heteroatoms. The highest BCUT2D eigenvalue weighted by molar-refractivity contribution is 5.71. The molecule has 0 heterocycles. The molecule has 25 heavy (non-hydrogen) atoms. The van der Waals surface area contributed by atoms with Crippen LogP contribution in [0.15, 0.2) is 48.5 Å². The molecule has 0 saturated carbocycles. The summed E-state index contributed by atoms with van der Waals surface area (Å²) >= 11 is 0. The van der Waals surface area contributed by atoms with Gasteiger partial charge in [0, 0.05) is 5.41 Å². The molecule has 0 aromatic heterocycles. The lowest BCUT2D eigenvalue weighted by molar-refractivity contribution is -0.153. The van der Waals surface area contributed by atoms with Gasteiger partial charge in [0.25, 0.3) is 0 Å². The summed E-state index contributed by atoms with van der Waals surface area (Å²) in [5, 5.41) is 9.49. The molecule has 2 aromatic rings. The molecule has 1 unspecified atom stereocenters. The van der Waals surface area contributed by atoms with Crippen LogP contribution in [0.2, 0.25) is 0 Å². The van der Waals surface area contributed by atoms with Crippen LogP contribution < -0.4 is 0 Å². The van der Waals surface area contributed by atoms with Crippen molar-refractivity contribution < 1.29 is 14.6 Å². The van der Waals surface area contributed by atoms with Crippen LogP contribution >= 0.6 is 0 Å². The zero-order valence-electron chi connectivity index (χ0n) is 15.7. The number of carbonyl (C=O) groups excluding carboxylic acids is 1. The number of carbonyl (C=O) groups is 1. The Bertz CT molecular complexity index is 697. The maximum absolute atomic E-state index is 11.9.